The molecule has 1 fully saturated rings. The Bertz CT molecular complexity index is 391. The molecule has 1 saturated heterocycles. The molecule has 1 aromatic heterocycles. The third-order valence-electron chi connectivity index (χ3n) is 3.39. The molecule has 2 unspecified atom stereocenters. The molecular weight excluding hydrogens is 242 g/mol. The van der Waals surface area contributed by atoms with Crippen molar-refractivity contribution in [2.45, 2.75) is 31.3 Å². The first kappa shape index (κ1) is 14.0. The lowest BCUT2D eigenvalue weighted by Crippen LogP contribution is -2.36. The first-order chi connectivity index (χ1) is 9.31. The quantitative estimate of drug-likeness (QED) is 0.796. The Hall–Kier alpha value is -1.46. The van der Waals surface area contributed by atoms with Crippen LogP contribution in [0.25, 0.3) is 0 Å². The van der Waals surface area contributed by atoms with Crippen molar-refractivity contribution < 1.29 is 9.53 Å². The summed E-state index contributed by atoms with van der Waals surface area (Å²) in [5.74, 6) is -0.214. The van der Waals surface area contributed by atoms with Crippen LogP contribution in [-0.2, 0) is 9.53 Å². The third kappa shape index (κ3) is 4.01. The monoisotopic (exact) mass is 263 g/mol. The third-order valence-corrected chi connectivity index (χ3v) is 3.39. The largest absolute Gasteiger partial charge is 0.376 e. The predicted molar refractivity (Wildman–Crippen MR) is 72.6 cm³/mol. The summed E-state index contributed by atoms with van der Waals surface area (Å²) in [5.41, 5.74) is 6.51. The number of amides is 1. The fourth-order valence-electron chi connectivity index (χ4n) is 2.34. The van der Waals surface area contributed by atoms with Gasteiger partial charge in [0.15, 0.2) is 0 Å². The highest BCUT2D eigenvalue weighted by atomic mass is 16.5. The minimum Gasteiger partial charge on any atom is -0.376 e. The Morgan fingerprint density at radius 1 is 1.63 bits per heavy atom. The van der Waals surface area contributed by atoms with Gasteiger partial charge >= 0.3 is 0 Å². The van der Waals surface area contributed by atoms with E-state index < -0.39 is 0 Å². The van der Waals surface area contributed by atoms with Gasteiger partial charge in [0.1, 0.15) is 0 Å². The van der Waals surface area contributed by atoms with Crippen molar-refractivity contribution >= 4 is 5.91 Å². The van der Waals surface area contributed by atoms with Crippen LogP contribution in [-0.4, -0.2) is 36.7 Å². The highest BCUT2D eigenvalue weighted by Crippen LogP contribution is 2.18. The highest BCUT2D eigenvalue weighted by Gasteiger charge is 2.22. The molecule has 1 aromatic rings. The number of nitrogens with two attached hydrogens (primary N) is 1. The topological polar surface area (TPSA) is 77.2 Å². The van der Waals surface area contributed by atoms with Gasteiger partial charge in [-0.1, -0.05) is 6.07 Å². The number of carbonyl (C=O) groups is 1. The number of carbonyl (C=O) groups excluding carboxylic acids is 1. The zero-order valence-electron chi connectivity index (χ0n) is 11.0. The summed E-state index contributed by atoms with van der Waals surface area (Å²) >= 11 is 0. The van der Waals surface area contributed by atoms with Gasteiger partial charge in [0.05, 0.1) is 12.0 Å². The van der Waals surface area contributed by atoms with E-state index >= 15 is 0 Å². The van der Waals surface area contributed by atoms with Crippen molar-refractivity contribution in [3.63, 3.8) is 0 Å². The molecule has 0 spiro atoms. The van der Waals surface area contributed by atoms with Gasteiger partial charge in [0.2, 0.25) is 5.91 Å². The molecule has 1 aliphatic heterocycles. The molecule has 1 amide bonds. The number of hydrogen-bond acceptors (Lipinski definition) is 4. The summed E-state index contributed by atoms with van der Waals surface area (Å²) < 4.78 is 5.50. The van der Waals surface area contributed by atoms with E-state index in [0.717, 1.165) is 25.0 Å². The minimum atomic E-state index is -0.222. The van der Waals surface area contributed by atoms with Gasteiger partial charge in [-0.25, -0.2) is 0 Å². The molecule has 3 N–H and O–H groups in total. The maximum Gasteiger partial charge on any atom is 0.227 e. The lowest BCUT2D eigenvalue weighted by Gasteiger charge is -2.17. The van der Waals surface area contributed by atoms with Crippen molar-refractivity contribution in [3.05, 3.63) is 30.1 Å². The molecule has 0 saturated carbocycles. The number of hydrogen-bond donors (Lipinski definition) is 2. The van der Waals surface area contributed by atoms with E-state index in [1.165, 1.54) is 0 Å². The van der Waals surface area contributed by atoms with E-state index in [1.54, 1.807) is 12.4 Å². The zero-order valence-corrected chi connectivity index (χ0v) is 11.0. The van der Waals surface area contributed by atoms with E-state index in [2.05, 4.69) is 10.3 Å². The lowest BCUT2D eigenvalue weighted by molar-refractivity contribution is -0.123. The summed E-state index contributed by atoms with van der Waals surface area (Å²) in [6.45, 7) is 1.86. The van der Waals surface area contributed by atoms with Gasteiger partial charge < -0.3 is 15.8 Å². The molecule has 5 nitrogen and oxygen atoms in total. The van der Waals surface area contributed by atoms with Crippen LogP contribution in [0, 0.1) is 0 Å². The highest BCUT2D eigenvalue weighted by molar-refractivity contribution is 5.83. The average molecular weight is 263 g/mol. The van der Waals surface area contributed by atoms with Crippen LogP contribution in [0.15, 0.2) is 24.5 Å². The normalized spacial score (nSPS) is 20.2. The smallest absolute Gasteiger partial charge is 0.227 e. The summed E-state index contributed by atoms with van der Waals surface area (Å²) in [6.07, 6.45) is 6.32. The fraction of sp³-hybridized carbons (Fsp3) is 0.571. The molecule has 2 atom stereocenters. The van der Waals surface area contributed by atoms with Gasteiger partial charge in [0, 0.05) is 25.5 Å². The number of nitrogens with zero attached hydrogens (tertiary/aromatic N) is 1. The second-order valence-corrected chi connectivity index (χ2v) is 4.80. The van der Waals surface area contributed by atoms with Gasteiger partial charge in [-0.2, -0.15) is 0 Å². The molecule has 0 aliphatic carbocycles. The summed E-state index contributed by atoms with van der Waals surface area (Å²) in [6, 6.07) is 3.76. The van der Waals surface area contributed by atoms with Gasteiger partial charge in [0.25, 0.3) is 0 Å². The molecule has 104 valence electrons. The van der Waals surface area contributed by atoms with Crippen LogP contribution in [0.5, 0.6) is 0 Å². The van der Waals surface area contributed by atoms with Crippen molar-refractivity contribution in [2.75, 3.05) is 19.7 Å². The molecule has 0 radical (unpaired) electrons. The SMILES string of the molecule is NCCC(C(=O)NCC1CCCO1)c1cccnc1. The van der Waals surface area contributed by atoms with Crippen molar-refractivity contribution in [1.82, 2.24) is 10.3 Å². The Balaban J connectivity index is 1.92. The first-order valence-electron chi connectivity index (χ1n) is 6.80. The fourth-order valence-corrected chi connectivity index (χ4v) is 2.34. The van der Waals surface area contributed by atoms with Crippen molar-refractivity contribution in [2.24, 2.45) is 5.73 Å². The number of rotatable bonds is 6. The number of pyridine rings is 1. The molecule has 5 heteroatoms. The molecular formula is C14H21N3O2. The standard InChI is InChI=1S/C14H21N3O2/c15-6-5-13(11-3-1-7-16-9-11)14(18)17-10-12-4-2-8-19-12/h1,3,7,9,12-13H,2,4-6,8,10,15H2,(H,17,18). The molecule has 0 aromatic carbocycles. The van der Waals surface area contributed by atoms with Crippen LogP contribution in [0.3, 0.4) is 0 Å². The number of ether oxygens (including phenoxy) is 1. The van der Waals surface area contributed by atoms with Gasteiger partial charge in [-0.3, -0.25) is 9.78 Å². The van der Waals surface area contributed by atoms with Gasteiger partial charge in [-0.05, 0) is 37.4 Å². The van der Waals surface area contributed by atoms with Crippen LogP contribution in [0.4, 0.5) is 0 Å². The van der Waals surface area contributed by atoms with Crippen LogP contribution < -0.4 is 11.1 Å². The summed E-state index contributed by atoms with van der Waals surface area (Å²) in [7, 11) is 0. The Labute approximate surface area is 113 Å². The minimum absolute atomic E-state index is 0.00829. The average Bonchev–Trinajstić information content (AvgIpc) is 2.96. The van der Waals surface area contributed by atoms with Crippen LogP contribution in [0.1, 0.15) is 30.7 Å². The Morgan fingerprint density at radius 2 is 2.53 bits per heavy atom. The van der Waals surface area contributed by atoms with E-state index in [1.807, 2.05) is 12.1 Å². The van der Waals surface area contributed by atoms with E-state index in [0.29, 0.717) is 19.5 Å². The lowest BCUT2D eigenvalue weighted by atomic mass is 9.96. The maximum absolute atomic E-state index is 12.2. The summed E-state index contributed by atoms with van der Waals surface area (Å²) in [5, 5.41) is 2.96. The van der Waals surface area contributed by atoms with Crippen LogP contribution >= 0.6 is 0 Å². The van der Waals surface area contributed by atoms with Crippen LogP contribution in [0.2, 0.25) is 0 Å². The zero-order chi connectivity index (χ0) is 13.5. The van der Waals surface area contributed by atoms with E-state index in [9.17, 15) is 4.79 Å². The van der Waals surface area contributed by atoms with Crippen molar-refractivity contribution in [1.29, 1.82) is 0 Å². The van der Waals surface area contributed by atoms with E-state index in [4.69, 9.17) is 10.5 Å². The predicted octanol–water partition coefficient (Wildman–Crippen LogP) is 0.809. The van der Waals surface area contributed by atoms with E-state index in [-0.39, 0.29) is 17.9 Å². The Kier molecular flexibility index (Phi) is 5.30. The molecule has 1 aliphatic rings. The number of nitrogens with one attached hydrogen (secondary N) is 1. The maximum atomic E-state index is 12.2. The van der Waals surface area contributed by atoms with Crippen molar-refractivity contribution in [3.8, 4) is 0 Å². The second-order valence-electron chi connectivity index (χ2n) is 4.80. The molecule has 2 rings (SSSR count). The van der Waals surface area contributed by atoms with Gasteiger partial charge in [-0.15, -0.1) is 0 Å². The molecule has 0 bridgehead atoms. The number of aromatic nitrogens is 1. The molecule has 19 heavy (non-hydrogen) atoms. The second kappa shape index (κ2) is 7.21. The Morgan fingerprint density at radius 3 is 3.16 bits per heavy atom. The summed E-state index contributed by atoms with van der Waals surface area (Å²) in [4.78, 5) is 16.3. The first-order valence-corrected chi connectivity index (χ1v) is 6.80. The molecule has 2 heterocycles.